The van der Waals surface area contributed by atoms with E-state index in [4.69, 9.17) is 0 Å². The Kier molecular flexibility index (Phi) is 4.45. The third-order valence-corrected chi connectivity index (χ3v) is 4.14. The van der Waals surface area contributed by atoms with E-state index in [1.54, 1.807) is 11.1 Å². The lowest BCUT2D eigenvalue weighted by atomic mass is 10.0. The van der Waals surface area contributed by atoms with Gasteiger partial charge >= 0.3 is 0 Å². The molecule has 0 aliphatic heterocycles. The first kappa shape index (κ1) is 13.6. The Morgan fingerprint density at radius 2 is 1.72 bits per heavy atom. The summed E-state index contributed by atoms with van der Waals surface area (Å²) in [5.41, 5.74) is 6.15. The number of benzene rings is 1. The second kappa shape index (κ2) is 5.88. The molecule has 0 fully saturated rings. The topological polar surface area (TPSA) is 3.24 Å². The summed E-state index contributed by atoms with van der Waals surface area (Å²) in [6, 6.07) is 5.49. The van der Waals surface area contributed by atoms with Gasteiger partial charge in [-0.1, -0.05) is 31.5 Å². The van der Waals surface area contributed by atoms with Gasteiger partial charge < -0.3 is 0 Å². The van der Waals surface area contributed by atoms with Gasteiger partial charge in [0, 0.05) is 6.04 Å². The van der Waals surface area contributed by atoms with Crippen molar-refractivity contribution in [2.75, 3.05) is 13.1 Å². The van der Waals surface area contributed by atoms with Crippen LogP contribution in [0.25, 0.3) is 0 Å². The lowest BCUT2D eigenvalue weighted by Crippen LogP contribution is -2.37. The van der Waals surface area contributed by atoms with E-state index in [2.05, 4.69) is 44.7 Å². The van der Waals surface area contributed by atoms with Crippen molar-refractivity contribution in [2.45, 2.75) is 59.4 Å². The molecule has 0 heterocycles. The molecule has 0 aromatic heterocycles. The molecule has 0 bridgehead atoms. The maximum Gasteiger partial charge on any atom is 0.0176 e. The number of hydrogen-bond donors (Lipinski definition) is 0. The minimum atomic E-state index is 0.750. The summed E-state index contributed by atoms with van der Waals surface area (Å²) in [5, 5.41) is 0. The predicted octanol–water partition coefficient (Wildman–Crippen LogP) is 3.89. The molecule has 0 spiro atoms. The summed E-state index contributed by atoms with van der Waals surface area (Å²) in [5.74, 6) is 0. The van der Waals surface area contributed by atoms with Crippen LogP contribution in [0, 0.1) is 13.8 Å². The summed E-state index contributed by atoms with van der Waals surface area (Å²) in [6.45, 7) is 11.6. The molecule has 0 amide bonds. The summed E-state index contributed by atoms with van der Waals surface area (Å²) in [7, 11) is 0. The molecule has 0 saturated heterocycles. The van der Waals surface area contributed by atoms with Crippen molar-refractivity contribution >= 4 is 0 Å². The molecule has 0 saturated carbocycles. The largest absolute Gasteiger partial charge is 0.300 e. The third kappa shape index (κ3) is 2.77. The standard InChI is InChI=1S/C17H27N/c1-5-7-18(8-6-2)16-11-15-10-13(3)9-14(4)17(15)12-16/h9-10,16H,5-8,11-12H2,1-4H3. The third-order valence-electron chi connectivity index (χ3n) is 4.14. The van der Waals surface area contributed by atoms with Gasteiger partial charge in [-0.2, -0.15) is 0 Å². The monoisotopic (exact) mass is 245 g/mol. The van der Waals surface area contributed by atoms with Crippen LogP contribution in [-0.4, -0.2) is 24.0 Å². The predicted molar refractivity (Wildman–Crippen MR) is 79.3 cm³/mol. The number of aryl methyl sites for hydroxylation is 2. The fraction of sp³-hybridized carbons (Fsp3) is 0.647. The second-order valence-electron chi connectivity index (χ2n) is 5.82. The minimum Gasteiger partial charge on any atom is -0.300 e. The zero-order chi connectivity index (χ0) is 13.1. The Labute approximate surface area is 112 Å². The molecule has 1 atom stereocenters. The molecule has 0 N–H and O–H groups in total. The van der Waals surface area contributed by atoms with Crippen LogP contribution in [0.15, 0.2) is 12.1 Å². The first-order chi connectivity index (χ1) is 8.65. The van der Waals surface area contributed by atoms with Crippen LogP contribution >= 0.6 is 0 Å². The molecule has 1 nitrogen and oxygen atoms in total. The molecule has 100 valence electrons. The number of rotatable bonds is 5. The zero-order valence-electron chi connectivity index (χ0n) is 12.4. The van der Waals surface area contributed by atoms with Crippen LogP contribution in [0.1, 0.15) is 48.9 Å². The van der Waals surface area contributed by atoms with E-state index < -0.39 is 0 Å². The van der Waals surface area contributed by atoms with Crippen molar-refractivity contribution in [2.24, 2.45) is 0 Å². The molecule has 1 aliphatic rings. The Morgan fingerprint density at radius 3 is 2.33 bits per heavy atom. The van der Waals surface area contributed by atoms with Crippen LogP contribution < -0.4 is 0 Å². The van der Waals surface area contributed by atoms with Crippen molar-refractivity contribution in [1.82, 2.24) is 4.90 Å². The van der Waals surface area contributed by atoms with E-state index in [0.29, 0.717) is 0 Å². The molecule has 2 rings (SSSR count). The Hall–Kier alpha value is -0.820. The summed E-state index contributed by atoms with van der Waals surface area (Å²) in [4.78, 5) is 2.70. The lowest BCUT2D eigenvalue weighted by molar-refractivity contribution is 0.202. The molecule has 0 radical (unpaired) electrons. The van der Waals surface area contributed by atoms with Crippen LogP contribution in [0.4, 0.5) is 0 Å². The Morgan fingerprint density at radius 1 is 1.06 bits per heavy atom. The summed E-state index contributed by atoms with van der Waals surface area (Å²) >= 11 is 0. The highest BCUT2D eigenvalue weighted by Gasteiger charge is 2.27. The molecular formula is C17H27N. The van der Waals surface area contributed by atoms with Crippen molar-refractivity contribution in [1.29, 1.82) is 0 Å². The first-order valence-corrected chi connectivity index (χ1v) is 7.48. The van der Waals surface area contributed by atoms with E-state index in [-0.39, 0.29) is 0 Å². The van der Waals surface area contributed by atoms with E-state index in [9.17, 15) is 0 Å². The highest BCUT2D eigenvalue weighted by molar-refractivity contribution is 5.42. The SMILES string of the molecule is CCCN(CCC)C1Cc2cc(C)cc(C)c2C1. The second-order valence-corrected chi connectivity index (χ2v) is 5.82. The van der Waals surface area contributed by atoms with Crippen molar-refractivity contribution < 1.29 is 0 Å². The van der Waals surface area contributed by atoms with E-state index in [1.165, 1.54) is 49.9 Å². The van der Waals surface area contributed by atoms with Crippen LogP contribution in [-0.2, 0) is 12.8 Å². The van der Waals surface area contributed by atoms with Crippen LogP contribution in [0.2, 0.25) is 0 Å². The minimum absolute atomic E-state index is 0.750. The normalized spacial score (nSPS) is 18.4. The number of nitrogens with zero attached hydrogens (tertiary/aromatic N) is 1. The molecule has 1 aromatic carbocycles. The van der Waals surface area contributed by atoms with Gasteiger partial charge in [0.05, 0.1) is 0 Å². The van der Waals surface area contributed by atoms with Crippen LogP contribution in [0.5, 0.6) is 0 Å². The molecule has 1 heteroatoms. The number of hydrogen-bond acceptors (Lipinski definition) is 1. The average molecular weight is 245 g/mol. The van der Waals surface area contributed by atoms with E-state index in [1.807, 2.05) is 0 Å². The fourth-order valence-electron chi connectivity index (χ4n) is 3.43. The molecule has 1 aliphatic carbocycles. The highest BCUT2D eigenvalue weighted by Crippen LogP contribution is 2.29. The summed E-state index contributed by atoms with van der Waals surface area (Å²) < 4.78 is 0. The van der Waals surface area contributed by atoms with E-state index >= 15 is 0 Å². The molecule has 1 aromatic rings. The molecule has 1 unspecified atom stereocenters. The van der Waals surface area contributed by atoms with Gasteiger partial charge in [-0.15, -0.1) is 0 Å². The smallest absolute Gasteiger partial charge is 0.0176 e. The quantitative estimate of drug-likeness (QED) is 0.760. The summed E-state index contributed by atoms with van der Waals surface area (Å²) in [6.07, 6.45) is 5.06. The fourth-order valence-corrected chi connectivity index (χ4v) is 3.43. The maximum absolute atomic E-state index is 2.70. The zero-order valence-corrected chi connectivity index (χ0v) is 12.4. The first-order valence-electron chi connectivity index (χ1n) is 7.48. The van der Waals surface area contributed by atoms with Crippen molar-refractivity contribution in [3.8, 4) is 0 Å². The van der Waals surface area contributed by atoms with E-state index in [0.717, 1.165) is 6.04 Å². The van der Waals surface area contributed by atoms with Crippen LogP contribution in [0.3, 0.4) is 0 Å². The van der Waals surface area contributed by atoms with Gasteiger partial charge in [0.2, 0.25) is 0 Å². The lowest BCUT2D eigenvalue weighted by Gasteiger charge is -2.28. The van der Waals surface area contributed by atoms with Crippen molar-refractivity contribution in [3.63, 3.8) is 0 Å². The average Bonchev–Trinajstić information content (AvgIpc) is 2.72. The van der Waals surface area contributed by atoms with Gasteiger partial charge in [0.1, 0.15) is 0 Å². The molecule has 18 heavy (non-hydrogen) atoms. The highest BCUT2D eigenvalue weighted by atomic mass is 15.1. The van der Waals surface area contributed by atoms with Gasteiger partial charge in [-0.3, -0.25) is 4.90 Å². The number of fused-ring (bicyclic) bond motifs is 1. The maximum atomic E-state index is 2.70. The van der Waals surface area contributed by atoms with Gasteiger partial charge in [-0.25, -0.2) is 0 Å². The van der Waals surface area contributed by atoms with Gasteiger partial charge in [0.25, 0.3) is 0 Å². The Bertz CT molecular complexity index is 402. The van der Waals surface area contributed by atoms with Gasteiger partial charge in [-0.05, 0) is 69.3 Å². The Balaban J connectivity index is 2.15. The molecular weight excluding hydrogens is 218 g/mol. The van der Waals surface area contributed by atoms with Crippen molar-refractivity contribution in [3.05, 3.63) is 34.4 Å². The van der Waals surface area contributed by atoms with Gasteiger partial charge in [0.15, 0.2) is 0 Å².